The molecule has 33 heavy (non-hydrogen) atoms. The van der Waals surface area contributed by atoms with Crippen LogP contribution >= 0.6 is 0 Å². The van der Waals surface area contributed by atoms with Crippen molar-refractivity contribution in [3.8, 4) is 23.0 Å². The van der Waals surface area contributed by atoms with Crippen LogP contribution in [-0.4, -0.2) is 39.2 Å². The van der Waals surface area contributed by atoms with Gasteiger partial charge in [0.05, 0.1) is 21.3 Å². The third-order valence-electron chi connectivity index (χ3n) is 5.09. The Labute approximate surface area is 192 Å². The number of rotatable bonds is 9. The van der Waals surface area contributed by atoms with Gasteiger partial charge in [-0.1, -0.05) is 30.3 Å². The number of hydrogen-bond donors (Lipinski definition) is 2. The van der Waals surface area contributed by atoms with Gasteiger partial charge in [-0.2, -0.15) is 0 Å². The van der Waals surface area contributed by atoms with Crippen molar-refractivity contribution in [1.82, 2.24) is 10.9 Å². The van der Waals surface area contributed by atoms with Crippen molar-refractivity contribution < 1.29 is 28.5 Å². The second kappa shape index (κ2) is 11.1. The zero-order chi connectivity index (χ0) is 23.8. The van der Waals surface area contributed by atoms with Gasteiger partial charge in [0, 0.05) is 6.42 Å². The van der Waals surface area contributed by atoms with Crippen LogP contribution in [-0.2, 0) is 16.0 Å². The Balaban J connectivity index is 1.50. The highest BCUT2D eigenvalue weighted by Gasteiger charge is 2.17. The molecule has 0 aliphatic carbocycles. The number of hydrogen-bond acceptors (Lipinski definition) is 6. The van der Waals surface area contributed by atoms with Crippen molar-refractivity contribution in [2.75, 3.05) is 21.3 Å². The smallest absolute Gasteiger partial charge is 0.279 e. The van der Waals surface area contributed by atoms with E-state index in [2.05, 4.69) is 10.9 Å². The Morgan fingerprint density at radius 2 is 1.52 bits per heavy atom. The topological polar surface area (TPSA) is 95.1 Å². The minimum absolute atomic E-state index is 0.152. The number of nitrogens with one attached hydrogen (secondary N) is 2. The molecule has 0 heterocycles. The third-order valence-corrected chi connectivity index (χ3v) is 5.09. The zero-order valence-corrected chi connectivity index (χ0v) is 19.1. The molecule has 1 atom stereocenters. The van der Waals surface area contributed by atoms with Gasteiger partial charge in [0.25, 0.3) is 5.91 Å². The van der Waals surface area contributed by atoms with Crippen LogP contribution in [0.3, 0.4) is 0 Å². The van der Waals surface area contributed by atoms with Crippen LogP contribution in [0.15, 0.2) is 54.6 Å². The van der Waals surface area contributed by atoms with Crippen molar-refractivity contribution in [1.29, 1.82) is 0 Å². The summed E-state index contributed by atoms with van der Waals surface area (Å²) in [5.41, 5.74) is 5.66. The average molecular weight is 453 g/mol. The van der Waals surface area contributed by atoms with E-state index < -0.39 is 12.0 Å². The van der Waals surface area contributed by atoms with Gasteiger partial charge in [0.1, 0.15) is 5.75 Å². The maximum absolute atomic E-state index is 12.3. The Kier molecular flexibility index (Phi) is 7.96. The minimum Gasteiger partial charge on any atom is -0.493 e. The van der Waals surface area contributed by atoms with E-state index in [1.165, 1.54) is 21.3 Å². The fourth-order valence-electron chi connectivity index (χ4n) is 3.33. The predicted octanol–water partition coefficient (Wildman–Crippen LogP) is 3.41. The van der Waals surface area contributed by atoms with E-state index in [-0.39, 0.29) is 12.3 Å². The van der Waals surface area contributed by atoms with Gasteiger partial charge in [0.2, 0.25) is 11.7 Å². The van der Waals surface area contributed by atoms with Crippen LogP contribution in [0.25, 0.3) is 10.8 Å². The van der Waals surface area contributed by atoms with E-state index in [4.69, 9.17) is 18.9 Å². The van der Waals surface area contributed by atoms with Gasteiger partial charge in [-0.25, -0.2) is 0 Å². The van der Waals surface area contributed by atoms with Crippen LogP contribution in [0.5, 0.6) is 23.0 Å². The van der Waals surface area contributed by atoms with Gasteiger partial charge >= 0.3 is 0 Å². The van der Waals surface area contributed by atoms with E-state index in [9.17, 15) is 9.59 Å². The molecular weight excluding hydrogens is 424 g/mol. The summed E-state index contributed by atoms with van der Waals surface area (Å²) >= 11 is 0. The van der Waals surface area contributed by atoms with Crippen molar-refractivity contribution in [2.45, 2.75) is 25.9 Å². The first-order valence-corrected chi connectivity index (χ1v) is 10.5. The quantitative estimate of drug-likeness (QED) is 0.483. The van der Waals surface area contributed by atoms with Gasteiger partial charge in [0.15, 0.2) is 17.6 Å². The summed E-state index contributed by atoms with van der Waals surface area (Å²) < 4.78 is 21.7. The van der Waals surface area contributed by atoms with E-state index in [1.54, 1.807) is 19.1 Å². The molecule has 0 spiro atoms. The molecule has 0 aromatic heterocycles. The molecule has 2 N–H and O–H groups in total. The number of fused-ring (bicyclic) bond motifs is 1. The molecule has 1 unspecified atom stereocenters. The third kappa shape index (κ3) is 6.06. The van der Waals surface area contributed by atoms with E-state index in [0.29, 0.717) is 29.4 Å². The number of amides is 2. The summed E-state index contributed by atoms with van der Waals surface area (Å²) in [5.74, 6) is 1.30. The second-order valence-corrected chi connectivity index (χ2v) is 7.34. The molecule has 8 nitrogen and oxygen atoms in total. The summed E-state index contributed by atoms with van der Waals surface area (Å²) in [7, 11) is 4.59. The highest BCUT2D eigenvalue weighted by molar-refractivity contribution is 5.86. The minimum atomic E-state index is -0.790. The maximum atomic E-state index is 12.3. The normalized spacial score (nSPS) is 11.4. The first kappa shape index (κ1) is 23.7. The molecule has 0 saturated heterocycles. The first-order valence-electron chi connectivity index (χ1n) is 10.5. The number of hydrazine groups is 1. The summed E-state index contributed by atoms with van der Waals surface area (Å²) in [6, 6.07) is 17.1. The van der Waals surface area contributed by atoms with Crippen molar-refractivity contribution >= 4 is 22.6 Å². The number of aryl methyl sites for hydroxylation is 1. The Morgan fingerprint density at radius 1 is 0.848 bits per heavy atom. The number of methoxy groups -OCH3 is 3. The molecule has 0 saturated carbocycles. The molecule has 0 fully saturated rings. The summed E-state index contributed by atoms with van der Waals surface area (Å²) in [5, 5.41) is 2.10. The molecule has 0 radical (unpaired) electrons. The largest absolute Gasteiger partial charge is 0.493 e. The number of carbonyl (C=O) groups excluding carboxylic acids is 2. The fraction of sp³-hybridized carbons (Fsp3) is 0.280. The highest BCUT2D eigenvalue weighted by Crippen LogP contribution is 2.38. The lowest BCUT2D eigenvalue weighted by Gasteiger charge is -2.16. The van der Waals surface area contributed by atoms with Crippen molar-refractivity contribution in [2.24, 2.45) is 0 Å². The summed E-state index contributed by atoms with van der Waals surface area (Å²) in [6.45, 7) is 1.62. The first-order chi connectivity index (χ1) is 15.9. The maximum Gasteiger partial charge on any atom is 0.279 e. The molecule has 2 amide bonds. The molecule has 0 bridgehead atoms. The zero-order valence-electron chi connectivity index (χ0n) is 19.1. The van der Waals surface area contributed by atoms with Gasteiger partial charge in [-0.15, -0.1) is 0 Å². The number of carbonyl (C=O) groups is 2. The monoisotopic (exact) mass is 452 g/mol. The number of ether oxygens (including phenoxy) is 4. The highest BCUT2D eigenvalue weighted by atomic mass is 16.5. The van der Waals surface area contributed by atoms with Crippen LogP contribution in [0.1, 0.15) is 18.9 Å². The average Bonchev–Trinajstić information content (AvgIpc) is 2.84. The molecule has 0 aliphatic heterocycles. The molecule has 3 rings (SSSR count). The Bertz CT molecular complexity index is 1110. The molecule has 3 aromatic carbocycles. The van der Waals surface area contributed by atoms with Crippen LogP contribution in [0, 0.1) is 0 Å². The molecule has 0 aliphatic rings. The van der Waals surface area contributed by atoms with E-state index in [0.717, 1.165) is 16.3 Å². The second-order valence-electron chi connectivity index (χ2n) is 7.34. The SMILES string of the molecule is COc1cc(CCC(=O)NNC(=O)C(C)Oc2ccc3ccccc3c2)cc(OC)c1OC. The molecule has 174 valence electrons. The fourth-order valence-corrected chi connectivity index (χ4v) is 3.33. The molecule has 8 heteroatoms. The Hall–Kier alpha value is -3.94. The predicted molar refractivity (Wildman–Crippen MR) is 125 cm³/mol. The lowest BCUT2D eigenvalue weighted by molar-refractivity contribution is -0.132. The van der Waals surface area contributed by atoms with Gasteiger partial charge in [-0.05, 0) is 53.9 Å². The van der Waals surface area contributed by atoms with E-state index >= 15 is 0 Å². The van der Waals surface area contributed by atoms with Crippen molar-refractivity contribution in [3.63, 3.8) is 0 Å². The number of benzene rings is 3. The summed E-state index contributed by atoms with van der Waals surface area (Å²) in [4.78, 5) is 24.6. The van der Waals surface area contributed by atoms with Gasteiger partial charge in [-0.3, -0.25) is 20.4 Å². The van der Waals surface area contributed by atoms with Crippen LogP contribution in [0.2, 0.25) is 0 Å². The Morgan fingerprint density at radius 3 is 2.15 bits per heavy atom. The lowest BCUT2D eigenvalue weighted by atomic mass is 10.1. The standard InChI is InChI=1S/C25H28N2O6/c1-16(33-20-11-10-18-7-5-6-8-19(18)15-20)25(29)27-26-23(28)12-9-17-13-21(30-2)24(32-4)22(14-17)31-3/h5-8,10-11,13-16H,9,12H2,1-4H3,(H,26,28)(H,27,29). The molecule has 3 aromatic rings. The van der Waals surface area contributed by atoms with Crippen LogP contribution in [0.4, 0.5) is 0 Å². The van der Waals surface area contributed by atoms with Crippen molar-refractivity contribution in [3.05, 3.63) is 60.2 Å². The molecular formula is C25H28N2O6. The van der Waals surface area contributed by atoms with Crippen LogP contribution < -0.4 is 29.8 Å². The van der Waals surface area contributed by atoms with E-state index in [1.807, 2.05) is 42.5 Å². The summed E-state index contributed by atoms with van der Waals surface area (Å²) in [6.07, 6.45) is -0.220. The lowest BCUT2D eigenvalue weighted by Crippen LogP contribution is -2.47. The van der Waals surface area contributed by atoms with Gasteiger partial charge < -0.3 is 18.9 Å².